The number of carbonyl (C=O) groups excluding carboxylic acids is 1. The van der Waals surface area contributed by atoms with E-state index in [0.717, 1.165) is 13.8 Å². The quantitative estimate of drug-likeness (QED) is 0.378. The summed E-state index contributed by atoms with van der Waals surface area (Å²) in [7, 11) is 2.24. The number of aromatic nitrogens is 1. The van der Waals surface area contributed by atoms with Gasteiger partial charge < -0.3 is 9.88 Å². The average molecular weight is 475 g/mol. The third-order valence-electron chi connectivity index (χ3n) is 4.44. The SMILES string of the molecule is CC(C)=c1/c(=C/c2cccs2)sc(=S)n1CCCC(=O)NC1=CC=CC(=N)/C1=N\P. The Kier molecular flexibility index (Phi) is 7.83. The number of rotatable bonds is 6. The monoisotopic (exact) mass is 474 g/mol. The zero-order valence-corrected chi connectivity index (χ0v) is 20.4. The molecule has 1 amide bonds. The number of nitrogens with one attached hydrogen (secondary N) is 2. The number of carbonyl (C=O) groups is 1. The molecular formula is C21H23N4OPS3. The molecule has 156 valence electrons. The standard InChI is InChI=1S/C21H23N4OPS3/c1-13(2)20-17(12-14-6-5-11-29-14)30-21(28)25(20)10-4-9-18(26)23-16-8-3-7-15(22)19(16)24-27/h3,5-8,11-12,22H,4,9-10,27H2,1-2H3,(H,23,26)/b17-12-,22-15?,24-19+. The second kappa shape index (κ2) is 10.4. The molecule has 2 N–H and O–H groups in total. The smallest absolute Gasteiger partial charge is 0.224 e. The largest absolute Gasteiger partial charge is 0.324 e. The van der Waals surface area contributed by atoms with E-state index in [1.54, 1.807) is 40.9 Å². The molecule has 3 rings (SSSR count). The fraction of sp³-hybridized carbons (Fsp3) is 0.238. The molecule has 2 aromatic rings. The Morgan fingerprint density at radius 3 is 2.90 bits per heavy atom. The first-order chi connectivity index (χ1) is 14.4. The van der Waals surface area contributed by atoms with Crippen LogP contribution in [0.1, 0.15) is 31.6 Å². The fourth-order valence-electron chi connectivity index (χ4n) is 3.14. The molecule has 2 heterocycles. The summed E-state index contributed by atoms with van der Waals surface area (Å²) in [5.74, 6) is -0.0960. The molecule has 0 aliphatic heterocycles. The summed E-state index contributed by atoms with van der Waals surface area (Å²) in [6.45, 7) is 4.86. The van der Waals surface area contributed by atoms with Crippen LogP contribution < -0.4 is 15.2 Å². The minimum atomic E-state index is -0.0960. The van der Waals surface area contributed by atoms with E-state index >= 15 is 0 Å². The Labute approximate surface area is 191 Å². The number of allylic oxidation sites excluding steroid dienone is 4. The van der Waals surface area contributed by atoms with Crippen LogP contribution in [0.25, 0.3) is 11.6 Å². The van der Waals surface area contributed by atoms with Gasteiger partial charge in [0.25, 0.3) is 0 Å². The van der Waals surface area contributed by atoms with Crippen LogP contribution in [0, 0.1) is 9.36 Å². The maximum absolute atomic E-state index is 12.4. The van der Waals surface area contributed by atoms with Crippen molar-refractivity contribution in [2.45, 2.75) is 33.2 Å². The van der Waals surface area contributed by atoms with Crippen LogP contribution in [0.3, 0.4) is 0 Å². The van der Waals surface area contributed by atoms with Gasteiger partial charge in [-0.25, -0.2) is 0 Å². The van der Waals surface area contributed by atoms with Crippen LogP contribution in [0.2, 0.25) is 0 Å². The maximum Gasteiger partial charge on any atom is 0.224 e. The van der Waals surface area contributed by atoms with Gasteiger partial charge in [0, 0.05) is 17.8 Å². The van der Waals surface area contributed by atoms with E-state index in [0.29, 0.717) is 30.8 Å². The van der Waals surface area contributed by atoms with Gasteiger partial charge >= 0.3 is 0 Å². The summed E-state index contributed by atoms with van der Waals surface area (Å²) >= 11 is 8.93. The van der Waals surface area contributed by atoms with Crippen LogP contribution >= 0.6 is 44.3 Å². The Bertz CT molecular complexity index is 1230. The Balaban J connectivity index is 1.72. The van der Waals surface area contributed by atoms with Crippen LogP contribution in [0.5, 0.6) is 0 Å². The number of thiophene rings is 1. The topological polar surface area (TPSA) is 70.2 Å². The van der Waals surface area contributed by atoms with Gasteiger partial charge in [-0.2, -0.15) is 0 Å². The molecule has 0 aromatic carbocycles. The first-order valence-electron chi connectivity index (χ1n) is 9.38. The van der Waals surface area contributed by atoms with Crippen molar-refractivity contribution in [2.75, 3.05) is 0 Å². The third kappa shape index (κ3) is 5.38. The van der Waals surface area contributed by atoms with Crippen molar-refractivity contribution in [1.29, 1.82) is 5.41 Å². The number of amides is 1. The molecule has 0 saturated carbocycles. The molecule has 0 spiro atoms. The first kappa shape index (κ1) is 22.7. The van der Waals surface area contributed by atoms with Crippen molar-refractivity contribution in [1.82, 2.24) is 9.88 Å². The van der Waals surface area contributed by atoms with Gasteiger partial charge in [0.15, 0.2) is 3.95 Å². The minimum absolute atomic E-state index is 0.0960. The highest BCUT2D eigenvalue weighted by Gasteiger charge is 2.15. The van der Waals surface area contributed by atoms with Crippen molar-refractivity contribution in [3.05, 3.63) is 60.2 Å². The molecule has 0 saturated heterocycles. The Morgan fingerprint density at radius 2 is 2.23 bits per heavy atom. The minimum Gasteiger partial charge on any atom is -0.324 e. The first-order valence-corrected chi connectivity index (χ1v) is 12.0. The van der Waals surface area contributed by atoms with Gasteiger partial charge in [-0.05, 0) is 71.6 Å². The van der Waals surface area contributed by atoms with E-state index in [1.807, 2.05) is 6.07 Å². The molecule has 30 heavy (non-hydrogen) atoms. The van der Waals surface area contributed by atoms with Crippen LogP contribution in [0.15, 0.2) is 46.2 Å². The van der Waals surface area contributed by atoms with Crippen molar-refractivity contribution in [2.24, 2.45) is 4.76 Å². The van der Waals surface area contributed by atoms with Gasteiger partial charge in [-0.3, -0.25) is 15.0 Å². The summed E-state index contributed by atoms with van der Waals surface area (Å²) in [5.41, 5.74) is 2.50. The predicted molar refractivity (Wildman–Crippen MR) is 135 cm³/mol. The van der Waals surface area contributed by atoms with E-state index in [2.05, 4.69) is 55.4 Å². The molecule has 9 heteroatoms. The average Bonchev–Trinajstić information content (AvgIpc) is 3.30. The van der Waals surface area contributed by atoms with E-state index in [4.69, 9.17) is 17.6 Å². The summed E-state index contributed by atoms with van der Waals surface area (Å²) in [4.78, 5) is 13.6. The summed E-state index contributed by atoms with van der Waals surface area (Å²) in [6, 6.07) is 4.14. The zero-order chi connectivity index (χ0) is 21.7. The summed E-state index contributed by atoms with van der Waals surface area (Å²) < 4.78 is 8.13. The number of nitrogens with zero attached hydrogens (tertiary/aromatic N) is 2. The Hall–Kier alpha value is -1.99. The lowest BCUT2D eigenvalue weighted by Gasteiger charge is -2.14. The summed E-state index contributed by atoms with van der Waals surface area (Å²) in [5, 5.41) is 14.0. The highest BCUT2D eigenvalue weighted by molar-refractivity contribution is 7.73. The van der Waals surface area contributed by atoms with Crippen LogP contribution in [0.4, 0.5) is 0 Å². The second-order valence-electron chi connectivity index (χ2n) is 6.87. The van der Waals surface area contributed by atoms with E-state index < -0.39 is 0 Å². The van der Waals surface area contributed by atoms with Crippen LogP contribution in [-0.4, -0.2) is 21.9 Å². The maximum atomic E-state index is 12.4. The summed E-state index contributed by atoms with van der Waals surface area (Å²) in [6.07, 6.45) is 8.35. The lowest BCUT2D eigenvalue weighted by Crippen LogP contribution is -2.32. The van der Waals surface area contributed by atoms with Crippen molar-refractivity contribution in [3.63, 3.8) is 0 Å². The molecule has 1 aliphatic carbocycles. The fourth-order valence-corrected chi connectivity index (χ4v) is 5.68. The molecule has 5 nitrogen and oxygen atoms in total. The molecular weight excluding hydrogens is 451 g/mol. The van der Waals surface area contributed by atoms with Gasteiger partial charge in [0.05, 0.1) is 21.3 Å². The number of hydrogen-bond acceptors (Lipinski definition) is 6. The number of hydrogen-bond donors (Lipinski definition) is 2. The highest BCUT2D eigenvalue weighted by Crippen LogP contribution is 2.10. The highest BCUT2D eigenvalue weighted by atomic mass is 32.1. The van der Waals surface area contributed by atoms with Gasteiger partial charge in [-0.1, -0.05) is 17.7 Å². The number of thiazole rings is 1. The molecule has 0 fully saturated rings. The lowest BCUT2D eigenvalue weighted by atomic mass is 10.1. The lowest BCUT2D eigenvalue weighted by molar-refractivity contribution is -0.120. The molecule has 0 radical (unpaired) electrons. The van der Waals surface area contributed by atoms with Crippen molar-refractivity contribution < 1.29 is 4.79 Å². The second-order valence-corrected chi connectivity index (χ2v) is 9.79. The third-order valence-corrected chi connectivity index (χ3v) is 6.91. The molecule has 1 unspecified atom stereocenters. The van der Waals surface area contributed by atoms with E-state index in [-0.39, 0.29) is 11.6 Å². The molecule has 2 aromatic heterocycles. The molecule has 1 aliphatic rings. The van der Waals surface area contributed by atoms with E-state index in [1.165, 1.54) is 10.5 Å². The molecule has 0 bridgehead atoms. The normalized spacial score (nSPS) is 15.6. The predicted octanol–water partition coefficient (Wildman–Crippen LogP) is 3.96. The zero-order valence-electron chi connectivity index (χ0n) is 16.8. The van der Waals surface area contributed by atoms with Gasteiger partial charge in [-0.15, -0.1) is 22.7 Å². The van der Waals surface area contributed by atoms with E-state index in [9.17, 15) is 4.79 Å². The van der Waals surface area contributed by atoms with Crippen molar-refractivity contribution in [3.8, 4) is 0 Å². The van der Waals surface area contributed by atoms with Gasteiger partial charge in [0.2, 0.25) is 5.91 Å². The van der Waals surface area contributed by atoms with Gasteiger partial charge in [0.1, 0.15) is 5.71 Å². The Morgan fingerprint density at radius 1 is 1.43 bits per heavy atom. The van der Waals surface area contributed by atoms with Crippen molar-refractivity contribution >= 4 is 73.3 Å². The molecule has 1 atom stereocenters. The van der Waals surface area contributed by atoms with Crippen LogP contribution in [-0.2, 0) is 11.3 Å².